The monoisotopic (exact) mass is 439 g/mol. The maximum atomic E-state index is 13.4. The smallest absolute Gasteiger partial charge is 0.320 e. The third-order valence-corrected chi connectivity index (χ3v) is 7.18. The molecular weight excluding hydrogens is 402 g/mol. The van der Waals surface area contributed by atoms with Crippen LogP contribution in [0.5, 0.6) is 0 Å². The number of piperidine rings is 2. The summed E-state index contributed by atoms with van der Waals surface area (Å²) in [6, 6.07) is 8.88. The second-order valence-corrected chi connectivity index (χ2v) is 10.1. The molecule has 0 spiro atoms. The van der Waals surface area contributed by atoms with Gasteiger partial charge in [-0.2, -0.15) is 0 Å². The van der Waals surface area contributed by atoms with E-state index >= 15 is 0 Å². The number of nitrogens with zero attached hydrogens (tertiary/aromatic N) is 3. The highest BCUT2D eigenvalue weighted by atomic mass is 16.3. The highest BCUT2D eigenvalue weighted by Crippen LogP contribution is 2.35. The van der Waals surface area contributed by atoms with Crippen molar-refractivity contribution in [3.8, 4) is 0 Å². The lowest BCUT2D eigenvalue weighted by Gasteiger charge is -2.41. The Bertz CT molecular complexity index is 877. The number of hydrogen-bond donors (Lipinski definition) is 2. The van der Waals surface area contributed by atoms with E-state index in [1.807, 2.05) is 15.9 Å². The molecule has 2 saturated heterocycles. The van der Waals surface area contributed by atoms with Gasteiger partial charge < -0.3 is 20.0 Å². The number of hydrogen-bond acceptors (Lipinski definition) is 4. The van der Waals surface area contributed by atoms with Crippen molar-refractivity contribution in [2.75, 3.05) is 26.2 Å². The molecule has 1 aromatic rings. The Morgan fingerprint density at radius 2 is 1.75 bits per heavy atom. The highest BCUT2D eigenvalue weighted by Gasteiger charge is 2.37. The van der Waals surface area contributed by atoms with E-state index in [4.69, 9.17) is 4.99 Å². The van der Waals surface area contributed by atoms with E-state index < -0.39 is 5.60 Å². The summed E-state index contributed by atoms with van der Waals surface area (Å²) in [5.41, 5.74) is 3.44. The molecule has 3 aliphatic heterocycles. The van der Waals surface area contributed by atoms with Crippen LogP contribution in [-0.4, -0.2) is 69.6 Å². The lowest BCUT2D eigenvalue weighted by atomic mass is 9.81. The number of carbonyl (C=O) groups is 1. The molecule has 0 aliphatic carbocycles. The van der Waals surface area contributed by atoms with Gasteiger partial charge in [0.1, 0.15) is 5.60 Å². The van der Waals surface area contributed by atoms with Crippen molar-refractivity contribution in [2.24, 2.45) is 10.9 Å². The zero-order chi connectivity index (χ0) is 22.9. The second kappa shape index (κ2) is 9.36. The fourth-order valence-electron chi connectivity index (χ4n) is 5.11. The number of carbonyl (C=O) groups excluding carboxylic acids is 1. The van der Waals surface area contributed by atoms with Gasteiger partial charge >= 0.3 is 6.03 Å². The molecule has 2 N–H and O–H groups in total. The summed E-state index contributed by atoms with van der Waals surface area (Å²) in [6.45, 7) is 8.29. The van der Waals surface area contributed by atoms with Gasteiger partial charge in [0.25, 0.3) is 0 Å². The molecular formula is C26H37N3O3. The normalized spacial score (nSPS) is 25.0. The first-order chi connectivity index (χ1) is 15.2. The zero-order valence-corrected chi connectivity index (χ0v) is 19.6. The number of urea groups is 1. The van der Waals surface area contributed by atoms with Gasteiger partial charge in [-0.25, -0.2) is 4.79 Å². The van der Waals surface area contributed by atoms with Crippen LogP contribution in [0.2, 0.25) is 0 Å². The van der Waals surface area contributed by atoms with Gasteiger partial charge in [-0.15, -0.1) is 0 Å². The van der Waals surface area contributed by atoms with Crippen LogP contribution in [0.1, 0.15) is 63.5 Å². The SMILES string of the molecule is CCc1ccc(C2CC(C3=NC(C(C)(C)O)=CC3)CN(C(=O)N3CCC(O)CC3)C2)cc1. The van der Waals surface area contributed by atoms with E-state index in [0.717, 1.165) is 30.7 Å². The number of amides is 2. The van der Waals surface area contributed by atoms with Crippen molar-refractivity contribution in [3.05, 3.63) is 47.2 Å². The summed E-state index contributed by atoms with van der Waals surface area (Å²) >= 11 is 0. The van der Waals surface area contributed by atoms with Crippen molar-refractivity contribution in [3.63, 3.8) is 0 Å². The Labute approximate surface area is 191 Å². The summed E-state index contributed by atoms with van der Waals surface area (Å²) in [5.74, 6) is 0.433. The van der Waals surface area contributed by atoms with Gasteiger partial charge in [0.05, 0.1) is 11.8 Å². The molecule has 0 saturated carbocycles. The number of aliphatic imine (C=N–C) groups is 1. The van der Waals surface area contributed by atoms with E-state index in [9.17, 15) is 15.0 Å². The predicted molar refractivity (Wildman–Crippen MR) is 127 cm³/mol. The maximum absolute atomic E-state index is 13.4. The number of benzene rings is 1. The van der Waals surface area contributed by atoms with Crippen molar-refractivity contribution in [2.45, 2.75) is 70.5 Å². The molecule has 2 amide bonds. The number of aliphatic hydroxyl groups excluding tert-OH is 1. The number of likely N-dealkylation sites (tertiary alicyclic amines) is 2. The maximum Gasteiger partial charge on any atom is 0.320 e. The first-order valence-corrected chi connectivity index (χ1v) is 12.1. The van der Waals surface area contributed by atoms with Crippen LogP contribution in [-0.2, 0) is 6.42 Å². The van der Waals surface area contributed by atoms with E-state index in [2.05, 4.69) is 31.2 Å². The minimum absolute atomic E-state index is 0.0750. The summed E-state index contributed by atoms with van der Waals surface area (Å²) in [4.78, 5) is 22.1. The largest absolute Gasteiger partial charge is 0.393 e. The van der Waals surface area contributed by atoms with Crippen molar-refractivity contribution < 1.29 is 15.0 Å². The summed E-state index contributed by atoms with van der Waals surface area (Å²) in [6.07, 6.45) is 5.74. The first kappa shape index (κ1) is 23.0. The van der Waals surface area contributed by atoms with Crippen molar-refractivity contribution >= 4 is 11.7 Å². The number of allylic oxidation sites excluding steroid dienone is 1. The van der Waals surface area contributed by atoms with Gasteiger partial charge in [-0.1, -0.05) is 37.3 Å². The standard InChI is InChI=1S/C26H37N3O3/c1-4-18-5-7-19(8-6-18)20-15-21(23-9-10-24(27-23)26(2,3)32)17-29(16-20)25(31)28-13-11-22(30)12-14-28/h5-8,10,20-22,30,32H,4,9,11-17H2,1-3H3. The molecule has 3 aliphatic rings. The molecule has 3 heterocycles. The predicted octanol–water partition coefficient (Wildman–Crippen LogP) is 3.73. The Balaban J connectivity index is 1.55. The minimum atomic E-state index is -0.948. The van der Waals surface area contributed by atoms with E-state index in [-0.39, 0.29) is 24.0 Å². The van der Waals surface area contributed by atoms with Crippen molar-refractivity contribution in [1.29, 1.82) is 0 Å². The van der Waals surface area contributed by atoms with Crippen LogP contribution in [0.4, 0.5) is 4.79 Å². The third kappa shape index (κ3) is 5.07. The molecule has 4 rings (SSSR count). The fourth-order valence-corrected chi connectivity index (χ4v) is 5.11. The van der Waals surface area contributed by atoms with Crippen LogP contribution in [0.25, 0.3) is 0 Å². The van der Waals surface area contributed by atoms with Crippen LogP contribution in [0, 0.1) is 5.92 Å². The third-order valence-electron chi connectivity index (χ3n) is 7.18. The number of aliphatic hydroxyl groups is 2. The average molecular weight is 440 g/mol. The number of rotatable bonds is 4. The Morgan fingerprint density at radius 3 is 2.34 bits per heavy atom. The lowest BCUT2D eigenvalue weighted by molar-refractivity contribution is 0.0752. The molecule has 32 heavy (non-hydrogen) atoms. The zero-order valence-electron chi connectivity index (χ0n) is 19.6. The summed E-state index contributed by atoms with van der Waals surface area (Å²) < 4.78 is 0. The average Bonchev–Trinajstić information content (AvgIpc) is 3.30. The lowest BCUT2D eigenvalue weighted by Crippen LogP contribution is -2.52. The molecule has 174 valence electrons. The molecule has 6 nitrogen and oxygen atoms in total. The molecule has 0 aromatic heterocycles. The van der Waals surface area contributed by atoms with Crippen LogP contribution < -0.4 is 0 Å². The van der Waals surface area contributed by atoms with E-state index in [0.29, 0.717) is 39.0 Å². The molecule has 1 aromatic carbocycles. The Hall–Kier alpha value is -2.18. The molecule has 2 fully saturated rings. The van der Waals surface area contributed by atoms with E-state index in [1.54, 1.807) is 13.8 Å². The summed E-state index contributed by atoms with van der Waals surface area (Å²) in [5, 5.41) is 20.2. The Kier molecular flexibility index (Phi) is 6.72. The van der Waals surface area contributed by atoms with Gasteiger partial charge in [-0.05, 0) is 50.7 Å². The van der Waals surface area contributed by atoms with Crippen LogP contribution in [0.3, 0.4) is 0 Å². The quantitative estimate of drug-likeness (QED) is 0.751. The molecule has 0 radical (unpaired) electrons. The van der Waals surface area contributed by atoms with E-state index in [1.165, 1.54) is 11.1 Å². The van der Waals surface area contributed by atoms with Gasteiger partial charge in [-0.3, -0.25) is 4.99 Å². The molecule has 2 atom stereocenters. The van der Waals surface area contributed by atoms with Crippen LogP contribution >= 0.6 is 0 Å². The highest BCUT2D eigenvalue weighted by molar-refractivity contribution is 5.92. The molecule has 0 bridgehead atoms. The molecule has 6 heteroatoms. The van der Waals surface area contributed by atoms with Gasteiger partial charge in [0, 0.05) is 50.1 Å². The first-order valence-electron chi connectivity index (χ1n) is 12.1. The Morgan fingerprint density at radius 1 is 1.09 bits per heavy atom. The molecule has 2 unspecified atom stereocenters. The van der Waals surface area contributed by atoms with Gasteiger partial charge in [0.15, 0.2) is 0 Å². The topological polar surface area (TPSA) is 76.4 Å². The van der Waals surface area contributed by atoms with Gasteiger partial charge in [0.2, 0.25) is 0 Å². The fraction of sp³-hybridized carbons (Fsp3) is 0.615. The van der Waals surface area contributed by atoms with Crippen molar-refractivity contribution in [1.82, 2.24) is 9.80 Å². The second-order valence-electron chi connectivity index (χ2n) is 10.1. The van der Waals surface area contributed by atoms with Crippen LogP contribution in [0.15, 0.2) is 41.0 Å². The minimum Gasteiger partial charge on any atom is -0.393 e. The summed E-state index contributed by atoms with van der Waals surface area (Å²) in [7, 11) is 0. The number of aryl methyl sites for hydroxylation is 1.